The summed E-state index contributed by atoms with van der Waals surface area (Å²) in [5.41, 5.74) is 2.20. The van der Waals surface area contributed by atoms with E-state index < -0.39 is 17.2 Å². The van der Waals surface area contributed by atoms with Crippen molar-refractivity contribution in [2.24, 2.45) is 0 Å². The molecule has 2 aliphatic rings. The summed E-state index contributed by atoms with van der Waals surface area (Å²) in [7, 11) is 0. The lowest BCUT2D eigenvalue weighted by Gasteiger charge is -2.25. The van der Waals surface area contributed by atoms with Crippen molar-refractivity contribution in [2.75, 3.05) is 5.32 Å². The minimum Gasteiger partial charge on any atom is -0.478 e. The molecule has 8 heteroatoms. The monoisotopic (exact) mass is 467 g/mol. The SMILES string of the molecule is Cc1cc(NC(=O)C2(c3cc(F)cc(Cl)c3)CC2)cc(C(=O)O)c1-c1cnn(C2CCC2)c1. The van der Waals surface area contributed by atoms with Crippen LogP contribution in [0.1, 0.15) is 59.6 Å². The molecule has 1 aromatic heterocycles. The van der Waals surface area contributed by atoms with Crippen LogP contribution in [0.15, 0.2) is 42.7 Å². The lowest BCUT2D eigenvalue weighted by molar-refractivity contribution is -0.118. The van der Waals surface area contributed by atoms with E-state index in [1.807, 2.05) is 17.8 Å². The second-order valence-electron chi connectivity index (χ2n) is 9.01. The fourth-order valence-corrected chi connectivity index (χ4v) is 4.80. The van der Waals surface area contributed by atoms with E-state index in [2.05, 4.69) is 10.4 Å². The molecule has 2 N–H and O–H groups in total. The molecule has 2 fully saturated rings. The third kappa shape index (κ3) is 3.91. The van der Waals surface area contributed by atoms with Gasteiger partial charge in [-0.2, -0.15) is 5.10 Å². The second-order valence-corrected chi connectivity index (χ2v) is 9.45. The van der Waals surface area contributed by atoms with Crippen LogP contribution in [0.4, 0.5) is 10.1 Å². The minimum absolute atomic E-state index is 0.0945. The predicted octanol–water partition coefficient (Wildman–Crippen LogP) is 5.74. The third-order valence-corrected chi connectivity index (χ3v) is 6.98. The van der Waals surface area contributed by atoms with Crippen LogP contribution in [0.2, 0.25) is 5.02 Å². The number of anilines is 1. The number of aromatic nitrogens is 2. The number of halogens is 2. The van der Waals surface area contributed by atoms with Gasteiger partial charge in [0.25, 0.3) is 0 Å². The summed E-state index contributed by atoms with van der Waals surface area (Å²) in [6, 6.07) is 7.74. The van der Waals surface area contributed by atoms with E-state index in [0.717, 1.165) is 24.0 Å². The van der Waals surface area contributed by atoms with Gasteiger partial charge in [0.05, 0.1) is 23.2 Å². The quantitative estimate of drug-likeness (QED) is 0.483. The lowest BCUT2D eigenvalue weighted by atomic mass is 9.93. The minimum atomic E-state index is -1.08. The number of carbonyl (C=O) groups is 2. The van der Waals surface area contributed by atoms with E-state index in [-0.39, 0.29) is 16.5 Å². The van der Waals surface area contributed by atoms with Crippen molar-refractivity contribution in [3.05, 3.63) is 70.3 Å². The Kier molecular flexibility index (Phi) is 5.24. The molecule has 6 nitrogen and oxygen atoms in total. The fraction of sp³-hybridized carbons (Fsp3) is 0.320. The molecule has 1 amide bonds. The Labute approximate surface area is 195 Å². The largest absolute Gasteiger partial charge is 0.478 e. The van der Waals surface area contributed by atoms with Crippen LogP contribution < -0.4 is 5.32 Å². The van der Waals surface area contributed by atoms with Crippen molar-refractivity contribution < 1.29 is 19.1 Å². The summed E-state index contributed by atoms with van der Waals surface area (Å²) >= 11 is 5.99. The summed E-state index contributed by atoms with van der Waals surface area (Å²) in [6.07, 6.45) is 8.06. The van der Waals surface area contributed by atoms with Gasteiger partial charge in [-0.15, -0.1) is 0 Å². The average molecular weight is 468 g/mol. The van der Waals surface area contributed by atoms with Gasteiger partial charge in [-0.1, -0.05) is 11.6 Å². The maximum atomic E-state index is 13.9. The molecule has 1 heterocycles. The Hall–Kier alpha value is -3.19. The Balaban J connectivity index is 1.45. The maximum absolute atomic E-state index is 13.9. The molecule has 0 aliphatic heterocycles. The lowest BCUT2D eigenvalue weighted by Crippen LogP contribution is -2.28. The van der Waals surface area contributed by atoms with Crippen molar-refractivity contribution in [3.8, 4) is 11.1 Å². The van der Waals surface area contributed by atoms with Crippen molar-refractivity contribution in [2.45, 2.75) is 50.5 Å². The summed E-state index contributed by atoms with van der Waals surface area (Å²) in [6.45, 7) is 1.82. The zero-order chi connectivity index (χ0) is 23.3. The summed E-state index contributed by atoms with van der Waals surface area (Å²) in [5, 5.41) is 17.4. The van der Waals surface area contributed by atoms with E-state index in [4.69, 9.17) is 11.6 Å². The molecular formula is C25H23ClFN3O3. The van der Waals surface area contributed by atoms with E-state index in [9.17, 15) is 19.1 Å². The van der Waals surface area contributed by atoms with Gasteiger partial charge < -0.3 is 10.4 Å². The van der Waals surface area contributed by atoms with Gasteiger partial charge in [-0.3, -0.25) is 9.48 Å². The number of aryl methyl sites for hydroxylation is 1. The van der Waals surface area contributed by atoms with Crippen molar-refractivity contribution >= 4 is 29.2 Å². The van der Waals surface area contributed by atoms with Crippen LogP contribution >= 0.6 is 11.6 Å². The highest BCUT2D eigenvalue weighted by Crippen LogP contribution is 2.50. The van der Waals surface area contributed by atoms with E-state index in [1.54, 1.807) is 18.3 Å². The van der Waals surface area contributed by atoms with E-state index in [0.29, 0.717) is 35.7 Å². The van der Waals surface area contributed by atoms with Gasteiger partial charge in [-0.05, 0) is 80.5 Å². The normalized spacial score (nSPS) is 16.8. The standard InChI is InChI=1S/C25H23ClFN3O3/c1-14-7-19(29-24(33)25(5-6-25)16-8-17(26)10-18(27)9-16)11-21(23(31)32)22(14)15-12-28-30(13-15)20-3-2-4-20/h7-13,20H,2-6H2,1H3,(H,29,33)(H,31,32). The predicted molar refractivity (Wildman–Crippen MR) is 123 cm³/mol. The van der Waals surface area contributed by atoms with Gasteiger partial charge in [0.2, 0.25) is 5.91 Å². The summed E-state index contributed by atoms with van der Waals surface area (Å²) in [5.74, 6) is -1.88. The highest BCUT2D eigenvalue weighted by Gasteiger charge is 2.51. The Morgan fingerprint density at radius 3 is 2.58 bits per heavy atom. The number of carboxylic acid groups (broad SMARTS) is 1. The molecule has 5 rings (SSSR count). The highest BCUT2D eigenvalue weighted by molar-refractivity contribution is 6.30. The number of hydrogen-bond acceptors (Lipinski definition) is 3. The third-order valence-electron chi connectivity index (χ3n) is 6.76. The van der Waals surface area contributed by atoms with E-state index >= 15 is 0 Å². The Morgan fingerprint density at radius 1 is 1.21 bits per heavy atom. The van der Waals surface area contributed by atoms with Gasteiger partial charge in [0.15, 0.2) is 0 Å². The van der Waals surface area contributed by atoms with Gasteiger partial charge in [0, 0.05) is 28.0 Å². The molecule has 2 aromatic carbocycles. The first kappa shape index (κ1) is 21.6. The molecule has 2 aliphatic carbocycles. The molecule has 0 bridgehead atoms. The number of benzene rings is 2. The maximum Gasteiger partial charge on any atom is 0.336 e. The van der Waals surface area contributed by atoms with Gasteiger partial charge >= 0.3 is 5.97 Å². The molecule has 2 saturated carbocycles. The van der Waals surface area contributed by atoms with Gasteiger partial charge in [0.1, 0.15) is 5.82 Å². The topological polar surface area (TPSA) is 84.2 Å². The van der Waals surface area contributed by atoms with Crippen LogP contribution in [0, 0.1) is 12.7 Å². The zero-order valence-electron chi connectivity index (χ0n) is 18.1. The average Bonchev–Trinajstić information content (AvgIpc) is 3.39. The number of rotatable bonds is 6. The van der Waals surface area contributed by atoms with Crippen molar-refractivity contribution in [3.63, 3.8) is 0 Å². The second kappa shape index (κ2) is 7.99. The first-order chi connectivity index (χ1) is 15.8. The molecule has 170 valence electrons. The van der Waals surface area contributed by atoms with E-state index in [1.165, 1.54) is 24.6 Å². The molecule has 3 aromatic rings. The molecule has 0 radical (unpaired) electrons. The molecular weight excluding hydrogens is 445 g/mol. The number of carboxylic acids is 1. The van der Waals surface area contributed by atoms with Crippen LogP contribution in [0.3, 0.4) is 0 Å². The highest BCUT2D eigenvalue weighted by atomic mass is 35.5. The van der Waals surface area contributed by atoms with Gasteiger partial charge in [-0.25, -0.2) is 9.18 Å². The molecule has 33 heavy (non-hydrogen) atoms. The van der Waals surface area contributed by atoms with Crippen LogP contribution in [-0.4, -0.2) is 26.8 Å². The molecule has 0 saturated heterocycles. The number of amides is 1. The van der Waals surface area contributed by atoms with Crippen LogP contribution in [-0.2, 0) is 10.2 Å². The summed E-state index contributed by atoms with van der Waals surface area (Å²) < 4.78 is 15.8. The fourth-order valence-electron chi connectivity index (χ4n) is 4.58. The molecule has 0 atom stereocenters. The summed E-state index contributed by atoms with van der Waals surface area (Å²) in [4.78, 5) is 25.3. The Morgan fingerprint density at radius 2 is 1.97 bits per heavy atom. The molecule has 0 spiro atoms. The van der Waals surface area contributed by atoms with Crippen molar-refractivity contribution in [1.82, 2.24) is 9.78 Å². The number of nitrogens with zero attached hydrogens (tertiary/aromatic N) is 2. The number of aromatic carboxylic acids is 1. The van der Waals surface area contributed by atoms with Crippen molar-refractivity contribution in [1.29, 1.82) is 0 Å². The molecule has 0 unspecified atom stereocenters. The number of nitrogens with one attached hydrogen (secondary N) is 1. The number of hydrogen-bond donors (Lipinski definition) is 2. The Bertz CT molecular complexity index is 1260. The first-order valence-corrected chi connectivity index (χ1v) is 11.4. The van der Waals surface area contributed by atoms with Crippen LogP contribution in [0.25, 0.3) is 11.1 Å². The first-order valence-electron chi connectivity index (χ1n) is 11.0. The van der Waals surface area contributed by atoms with Crippen LogP contribution in [0.5, 0.6) is 0 Å². The smallest absolute Gasteiger partial charge is 0.336 e. The number of carbonyl (C=O) groups excluding carboxylic acids is 1. The zero-order valence-corrected chi connectivity index (χ0v) is 18.8.